The van der Waals surface area contributed by atoms with Gasteiger partial charge in [-0.25, -0.2) is 4.79 Å². The highest BCUT2D eigenvalue weighted by atomic mass is 16.5. The fourth-order valence-electron chi connectivity index (χ4n) is 2.15. The van der Waals surface area contributed by atoms with Crippen LogP contribution in [0.5, 0.6) is 0 Å². The molecule has 0 aromatic heterocycles. The van der Waals surface area contributed by atoms with E-state index in [1.165, 1.54) is 18.2 Å². The molecule has 1 unspecified atom stereocenters. The van der Waals surface area contributed by atoms with Crippen LogP contribution in [0.1, 0.15) is 33.9 Å². The van der Waals surface area contributed by atoms with Gasteiger partial charge in [-0.1, -0.05) is 6.07 Å². The van der Waals surface area contributed by atoms with Crippen LogP contribution in [0.3, 0.4) is 0 Å². The van der Waals surface area contributed by atoms with Crippen LogP contribution in [-0.4, -0.2) is 20.1 Å². The van der Waals surface area contributed by atoms with Crippen molar-refractivity contribution < 1.29 is 9.53 Å². The Morgan fingerprint density at radius 1 is 1.53 bits per heavy atom. The smallest absolute Gasteiger partial charge is 0.337 e. The topological polar surface area (TPSA) is 38.3 Å². The van der Waals surface area contributed by atoms with Crippen molar-refractivity contribution >= 4 is 5.97 Å². The number of aryl methyl sites for hydroxylation is 1. The molecular weight excluding hydrogens is 190 g/mol. The highest BCUT2D eigenvalue weighted by molar-refractivity contribution is 5.89. The summed E-state index contributed by atoms with van der Waals surface area (Å²) in [6.45, 7) is 0. The molecule has 0 aliphatic heterocycles. The van der Waals surface area contributed by atoms with Gasteiger partial charge in [-0.05, 0) is 43.1 Å². The summed E-state index contributed by atoms with van der Waals surface area (Å²) >= 11 is 0. The third-order valence-corrected chi connectivity index (χ3v) is 2.99. The number of methoxy groups -OCH3 is 1. The van der Waals surface area contributed by atoms with Crippen molar-refractivity contribution in [2.45, 2.75) is 18.9 Å². The number of ether oxygens (including phenoxy) is 1. The van der Waals surface area contributed by atoms with Crippen LogP contribution in [0.2, 0.25) is 0 Å². The molecule has 80 valence electrons. The number of hydrogen-bond acceptors (Lipinski definition) is 3. The standard InChI is InChI=1S/C12H15NO2/c1-13-11-6-5-8-3-4-9(7-10(8)11)12(14)15-2/h3-4,7,11,13H,5-6H2,1-2H3. The zero-order valence-electron chi connectivity index (χ0n) is 9.04. The van der Waals surface area contributed by atoms with Crippen LogP contribution >= 0.6 is 0 Å². The van der Waals surface area contributed by atoms with E-state index in [0.717, 1.165) is 12.8 Å². The lowest BCUT2D eigenvalue weighted by Gasteiger charge is -2.10. The molecular formula is C12H15NO2. The number of nitrogens with one attached hydrogen (secondary N) is 1. The molecule has 1 aliphatic carbocycles. The maximum Gasteiger partial charge on any atom is 0.337 e. The van der Waals surface area contributed by atoms with Crippen molar-refractivity contribution in [2.24, 2.45) is 0 Å². The van der Waals surface area contributed by atoms with E-state index in [2.05, 4.69) is 5.32 Å². The Morgan fingerprint density at radius 3 is 3.00 bits per heavy atom. The van der Waals surface area contributed by atoms with Gasteiger partial charge in [0.05, 0.1) is 12.7 Å². The molecule has 1 aromatic rings. The Morgan fingerprint density at radius 2 is 2.33 bits per heavy atom. The number of esters is 1. The summed E-state index contributed by atoms with van der Waals surface area (Å²) in [5.41, 5.74) is 3.21. The predicted octanol–water partition coefficient (Wildman–Crippen LogP) is 1.68. The van der Waals surface area contributed by atoms with E-state index >= 15 is 0 Å². The minimum Gasteiger partial charge on any atom is -0.465 e. The van der Waals surface area contributed by atoms with Crippen molar-refractivity contribution in [2.75, 3.05) is 14.2 Å². The summed E-state index contributed by atoms with van der Waals surface area (Å²) in [5, 5.41) is 3.25. The molecule has 2 rings (SSSR count). The Hall–Kier alpha value is -1.35. The molecule has 0 saturated carbocycles. The first-order valence-corrected chi connectivity index (χ1v) is 5.14. The van der Waals surface area contributed by atoms with Gasteiger partial charge < -0.3 is 10.1 Å². The maximum absolute atomic E-state index is 11.4. The van der Waals surface area contributed by atoms with Crippen LogP contribution < -0.4 is 5.32 Å². The molecule has 1 aliphatic rings. The number of fused-ring (bicyclic) bond motifs is 1. The first-order chi connectivity index (χ1) is 7.26. The number of rotatable bonds is 2. The molecule has 15 heavy (non-hydrogen) atoms. The van der Waals surface area contributed by atoms with E-state index in [0.29, 0.717) is 11.6 Å². The maximum atomic E-state index is 11.4. The second-order valence-corrected chi connectivity index (χ2v) is 3.79. The molecule has 1 N–H and O–H groups in total. The third kappa shape index (κ3) is 1.75. The van der Waals surface area contributed by atoms with E-state index in [1.54, 1.807) is 0 Å². The molecule has 1 aromatic carbocycles. The van der Waals surface area contributed by atoms with Crippen LogP contribution in [-0.2, 0) is 11.2 Å². The van der Waals surface area contributed by atoms with Crippen molar-refractivity contribution in [1.29, 1.82) is 0 Å². The van der Waals surface area contributed by atoms with Gasteiger partial charge in [0.15, 0.2) is 0 Å². The number of carbonyl (C=O) groups excluding carboxylic acids is 1. The zero-order chi connectivity index (χ0) is 10.8. The van der Waals surface area contributed by atoms with Gasteiger partial charge in [0.25, 0.3) is 0 Å². The van der Waals surface area contributed by atoms with E-state index in [-0.39, 0.29) is 5.97 Å². The number of benzene rings is 1. The van der Waals surface area contributed by atoms with E-state index in [4.69, 9.17) is 4.74 Å². The fraction of sp³-hybridized carbons (Fsp3) is 0.417. The van der Waals surface area contributed by atoms with Crippen molar-refractivity contribution in [3.05, 3.63) is 34.9 Å². The van der Waals surface area contributed by atoms with E-state index in [1.807, 2.05) is 25.2 Å². The minimum absolute atomic E-state index is 0.264. The van der Waals surface area contributed by atoms with Gasteiger partial charge in [0.1, 0.15) is 0 Å². The molecule has 1 atom stereocenters. The second-order valence-electron chi connectivity index (χ2n) is 3.79. The number of carbonyl (C=O) groups is 1. The first-order valence-electron chi connectivity index (χ1n) is 5.14. The third-order valence-electron chi connectivity index (χ3n) is 2.99. The van der Waals surface area contributed by atoms with Gasteiger partial charge >= 0.3 is 5.97 Å². The first kappa shape index (κ1) is 10.2. The molecule has 0 fully saturated rings. The summed E-state index contributed by atoms with van der Waals surface area (Å²) in [6.07, 6.45) is 2.19. The average molecular weight is 205 g/mol. The minimum atomic E-state index is -0.264. The largest absolute Gasteiger partial charge is 0.465 e. The van der Waals surface area contributed by atoms with Gasteiger partial charge in [-0.15, -0.1) is 0 Å². The molecule has 0 heterocycles. The fourth-order valence-corrected chi connectivity index (χ4v) is 2.15. The second kappa shape index (κ2) is 4.03. The Labute approximate surface area is 89.4 Å². The highest BCUT2D eigenvalue weighted by Gasteiger charge is 2.22. The molecule has 0 spiro atoms. The highest BCUT2D eigenvalue weighted by Crippen LogP contribution is 2.31. The summed E-state index contributed by atoms with van der Waals surface area (Å²) in [6, 6.07) is 6.18. The monoisotopic (exact) mass is 205 g/mol. The van der Waals surface area contributed by atoms with E-state index < -0.39 is 0 Å². The summed E-state index contributed by atoms with van der Waals surface area (Å²) < 4.78 is 4.71. The predicted molar refractivity (Wildman–Crippen MR) is 57.9 cm³/mol. The molecule has 0 saturated heterocycles. The Balaban J connectivity index is 2.36. The van der Waals surface area contributed by atoms with Gasteiger partial charge in [-0.3, -0.25) is 0 Å². The summed E-state index contributed by atoms with van der Waals surface area (Å²) in [4.78, 5) is 11.4. The van der Waals surface area contributed by atoms with Crippen LogP contribution in [0.4, 0.5) is 0 Å². The summed E-state index contributed by atoms with van der Waals surface area (Å²) in [7, 11) is 3.36. The zero-order valence-corrected chi connectivity index (χ0v) is 9.04. The molecule has 3 heteroatoms. The Bertz CT molecular complexity index is 387. The Kier molecular flexibility index (Phi) is 2.73. The lowest BCUT2D eigenvalue weighted by Crippen LogP contribution is -2.13. The lowest BCUT2D eigenvalue weighted by atomic mass is 10.0. The molecule has 3 nitrogen and oxygen atoms in total. The SMILES string of the molecule is CNC1CCc2ccc(C(=O)OC)cc21. The number of hydrogen-bond donors (Lipinski definition) is 1. The van der Waals surface area contributed by atoms with Gasteiger partial charge in [0.2, 0.25) is 0 Å². The normalized spacial score (nSPS) is 18.7. The van der Waals surface area contributed by atoms with E-state index in [9.17, 15) is 4.79 Å². The lowest BCUT2D eigenvalue weighted by molar-refractivity contribution is 0.0600. The average Bonchev–Trinajstić information content (AvgIpc) is 2.69. The molecule has 0 bridgehead atoms. The van der Waals surface area contributed by atoms with Crippen LogP contribution in [0.15, 0.2) is 18.2 Å². The quantitative estimate of drug-likeness (QED) is 0.746. The van der Waals surface area contributed by atoms with Crippen molar-refractivity contribution in [3.63, 3.8) is 0 Å². The summed E-state index contributed by atoms with van der Waals surface area (Å²) in [5.74, 6) is -0.264. The van der Waals surface area contributed by atoms with Crippen LogP contribution in [0.25, 0.3) is 0 Å². The van der Waals surface area contributed by atoms with Gasteiger partial charge in [-0.2, -0.15) is 0 Å². The molecule has 0 radical (unpaired) electrons. The molecule has 0 amide bonds. The van der Waals surface area contributed by atoms with Gasteiger partial charge in [0, 0.05) is 6.04 Å². The van der Waals surface area contributed by atoms with Crippen molar-refractivity contribution in [3.8, 4) is 0 Å². The van der Waals surface area contributed by atoms with Crippen molar-refractivity contribution in [1.82, 2.24) is 5.32 Å². The van der Waals surface area contributed by atoms with Crippen LogP contribution in [0, 0.1) is 0 Å².